The molecule has 8 nitrogen and oxygen atoms in total. The number of pyridine rings is 1. The topological polar surface area (TPSA) is 101 Å². The molecule has 0 spiro atoms. The zero-order valence-electron chi connectivity index (χ0n) is 22.2. The van der Waals surface area contributed by atoms with Gasteiger partial charge in [0, 0.05) is 57.1 Å². The summed E-state index contributed by atoms with van der Waals surface area (Å²) in [4.78, 5) is 33.4. The van der Waals surface area contributed by atoms with Crippen LogP contribution >= 0.6 is 0 Å². The SMILES string of the molecule is COC[C@H]1CC[C@H](CC(=O)[C@@H]2CNC[C@H](C(=O)N(c3cc(OC)c(C(C)C)cn3)C3CC3)[C@@H]2O)CC1. The van der Waals surface area contributed by atoms with E-state index in [-0.39, 0.29) is 23.7 Å². The van der Waals surface area contributed by atoms with Crippen LogP contribution in [-0.4, -0.2) is 67.8 Å². The van der Waals surface area contributed by atoms with E-state index in [4.69, 9.17) is 9.47 Å². The first kappa shape index (κ1) is 27.0. The Kier molecular flexibility index (Phi) is 9.01. The molecule has 4 rings (SSSR count). The summed E-state index contributed by atoms with van der Waals surface area (Å²) < 4.78 is 10.9. The van der Waals surface area contributed by atoms with E-state index in [1.165, 1.54) is 0 Å². The van der Waals surface area contributed by atoms with Crippen molar-refractivity contribution in [3.05, 3.63) is 17.8 Å². The van der Waals surface area contributed by atoms with Crippen molar-refractivity contribution >= 4 is 17.5 Å². The second kappa shape index (κ2) is 12.0. The standard InChI is InChI=1S/C28H43N3O5/c1-17(2)21-15-30-26(12-25(21)36-4)31(20-9-10-20)28(34)23-14-29-13-22(27(23)33)24(32)11-18-5-7-19(8-6-18)16-35-3/h12,15,17-20,22-23,27,29,33H,5-11,13-14,16H2,1-4H3/t18-,19-,22-,23-,27+/m0/s1. The zero-order valence-corrected chi connectivity index (χ0v) is 22.2. The molecule has 0 unspecified atom stereocenters. The average Bonchev–Trinajstić information content (AvgIpc) is 3.70. The molecule has 2 saturated carbocycles. The molecule has 36 heavy (non-hydrogen) atoms. The van der Waals surface area contributed by atoms with Crippen molar-refractivity contribution in [2.24, 2.45) is 23.7 Å². The largest absolute Gasteiger partial charge is 0.496 e. The molecular weight excluding hydrogens is 458 g/mol. The third-order valence-electron chi connectivity index (χ3n) is 8.26. The van der Waals surface area contributed by atoms with Gasteiger partial charge in [0.1, 0.15) is 17.4 Å². The quantitative estimate of drug-likeness (QED) is 0.507. The Morgan fingerprint density at radius 1 is 1.08 bits per heavy atom. The lowest BCUT2D eigenvalue weighted by molar-refractivity contribution is -0.135. The highest BCUT2D eigenvalue weighted by Gasteiger charge is 2.45. The van der Waals surface area contributed by atoms with Crippen molar-refractivity contribution in [1.29, 1.82) is 0 Å². The van der Waals surface area contributed by atoms with Crippen LogP contribution in [0.5, 0.6) is 5.75 Å². The summed E-state index contributed by atoms with van der Waals surface area (Å²) in [7, 11) is 3.37. The van der Waals surface area contributed by atoms with E-state index in [1.54, 1.807) is 25.3 Å². The van der Waals surface area contributed by atoms with E-state index < -0.39 is 17.9 Å². The highest BCUT2D eigenvalue weighted by molar-refractivity contribution is 5.97. The second-order valence-electron chi connectivity index (χ2n) is 11.3. The summed E-state index contributed by atoms with van der Waals surface area (Å²) in [6.07, 6.45) is 7.30. The third-order valence-corrected chi connectivity index (χ3v) is 8.26. The minimum absolute atomic E-state index is 0.0711. The highest BCUT2D eigenvalue weighted by Crippen LogP contribution is 2.37. The van der Waals surface area contributed by atoms with Crippen LogP contribution in [0.2, 0.25) is 0 Å². The lowest BCUT2D eigenvalue weighted by Gasteiger charge is -2.37. The number of nitrogens with one attached hydrogen (secondary N) is 1. The van der Waals surface area contributed by atoms with Gasteiger partial charge >= 0.3 is 0 Å². The molecule has 3 atom stereocenters. The van der Waals surface area contributed by atoms with Gasteiger partial charge in [-0.3, -0.25) is 14.5 Å². The Morgan fingerprint density at radius 2 is 1.75 bits per heavy atom. The van der Waals surface area contributed by atoms with Crippen LogP contribution in [0, 0.1) is 23.7 Å². The number of aromatic nitrogens is 1. The van der Waals surface area contributed by atoms with E-state index in [2.05, 4.69) is 24.1 Å². The van der Waals surface area contributed by atoms with E-state index in [0.29, 0.717) is 42.9 Å². The van der Waals surface area contributed by atoms with Crippen LogP contribution in [0.15, 0.2) is 12.3 Å². The number of amides is 1. The molecule has 2 N–H and O–H groups in total. The number of aliphatic hydroxyl groups excluding tert-OH is 1. The number of hydrogen-bond donors (Lipinski definition) is 2. The molecule has 0 bridgehead atoms. The first-order valence-corrected chi connectivity index (χ1v) is 13.6. The second-order valence-corrected chi connectivity index (χ2v) is 11.3. The van der Waals surface area contributed by atoms with Gasteiger partial charge < -0.3 is 19.9 Å². The fourth-order valence-electron chi connectivity index (χ4n) is 5.90. The molecule has 3 fully saturated rings. The number of aliphatic hydroxyl groups is 1. The highest BCUT2D eigenvalue weighted by atomic mass is 16.5. The van der Waals surface area contributed by atoms with Crippen molar-refractivity contribution in [2.75, 3.05) is 38.8 Å². The zero-order chi connectivity index (χ0) is 25.8. The molecule has 1 amide bonds. The number of ether oxygens (including phenoxy) is 2. The number of anilines is 1. The van der Waals surface area contributed by atoms with Gasteiger partial charge in [0.15, 0.2) is 0 Å². The van der Waals surface area contributed by atoms with Crippen molar-refractivity contribution in [1.82, 2.24) is 10.3 Å². The van der Waals surface area contributed by atoms with E-state index >= 15 is 0 Å². The molecule has 1 saturated heterocycles. The molecule has 2 aliphatic carbocycles. The van der Waals surface area contributed by atoms with Gasteiger partial charge in [-0.2, -0.15) is 0 Å². The molecule has 200 valence electrons. The van der Waals surface area contributed by atoms with Crippen molar-refractivity contribution in [2.45, 2.75) is 76.9 Å². The van der Waals surface area contributed by atoms with E-state index in [0.717, 1.165) is 50.7 Å². The first-order valence-electron chi connectivity index (χ1n) is 13.6. The first-order chi connectivity index (χ1) is 17.3. The van der Waals surface area contributed by atoms with Crippen LogP contribution in [0.3, 0.4) is 0 Å². The number of hydrogen-bond acceptors (Lipinski definition) is 7. The summed E-state index contributed by atoms with van der Waals surface area (Å²) in [6.45, 7) is 5.72. The molecule has 1 aromatic heterocycles. The summed E-state index contributed by atoms with van der Waals surface area (Å²) in [5.41, 5.74) is 0.991. The Hall–Kier alpha value is -2.03. The number of nitrogens with zero attached hydrogens (tertiary/aromatic N) is 2. The van der Waals surface area contributed by atoms with E-state index in [9.17, 15) is 14.7 Å². The van der Waals surface area contributed by atoms with Crippen LogP contribution in [0.25, 0.3) is 0 Å². The normalized spacial score (nSPS) is 28.7. The number of ketones is 1. The van der Waals surface area contributed by atoms with Crippen LogP contribution in [0.1, 0.15) is 70.3 Å². The van der Waals surface area contributed by atoms with Crippen molar-refractivity contribution in [3.63, 3.8) is 0 Å². The van der Waals surface area contributed by atoms with Gasteiger partial charge in [0.25, 0.3) is 0 Å². The number of carbonyl (C=O) groups excluding carboxylic acids is 2. The maximum absolute atomic E-state index is 13.8. The molecular formula is C28H43N3O5. The van der Waals surface area contributed by atoms with Gasteiger partial charge in [-0.05, 0) is 56.3 Å². The van der Waals surface area contributed by atoms with Crippen molar-refractivity contribution in [3.8, 4) is 5.75 Å². The number of piperidine rings is 1. The Balaban J connectivity index is 1.44. The molecule has 8 heteroatoms. The summed E-state index contributed by atoms with van der Waals surface area (Å²) in [6, 6.07) is 1.90. The Morgan fingerprint density at radius 3 is 2.36 bits per heavy atom. The fraction of sp³-hybridized carbons (Fsp3) is 0.750. The average molecular weight is 502 g/mol. The van der Waals surface area contributed by atoms with Crippen LogP contribution in [-0.2, 0) is 14.3 Å². The lowest BCUT2D eigenvalue weighted by Crippen LogP contribution is -2.56. The number of Topliss-reactive ketones (excluding diaryl/α,β-unsaturated/α-hetero) is 1. The maximum Gasteiger partial charge on any atom is 0.235 e. The van der Waals surface area contributed by atoms with Gasteiger partial charge in [-0.1, -0.05) is 13.8 Å². The van der Waals surface area contributed by atoms with Crippen LogP contribution < -0.4 is 15.0 Å². The fourth-order valence-corrected chi connectivity index (χ4v) is 5.90. The molecule has 1 aromatic rings. The van der Waals surface area contributed by atoms with Gasteiger partial charge in [-0.15, -0.1) is 0 Å². The number of carbonyl (C=O) groups is 2. The minimum atomic E-state index is -0.992. The predicted octanol–water partition coefficient (Wildman–Crippen LogP) is 3.32. The summed E-state index contributed by atoms with van der Waals surface area (Å²) in [5.74, 6) is 1.12. The maximum atomic E-state index is 13.8. The monoisotopic (exact) mass is 501 g/mol. The Labute approximate surface area is 215 Å². The summed E-state index contributed by atoms with van der Waals surface area (Å²) in [5, 5.41) is 14.5. The van der Waals surface area contributed by atoms with Crippen LogP contribution in [0.4, 0.5) is 5.82 Å². The predicted molar refractivity (Wildman–Crippen MR) is 138 cm³/mol. The summed E-state index contributed by atoms with van der Waals surface area (Å²) >= 11 is 0. The molecule has 2 heterocycles. The minimum Gasteiger partial charge on any atom is -0.496 e. The smallest absolute Gasteiger partial charge is 0.235 e. The van der Waals surface area contributed by atoms with Gasteiger partial charge in [-0.25, -0.2) is 4.98 Å². The molecule has 0 aromatic carbocycles. The van der Waals surface area contributed by atoms with Gasteiger partial charge in [0.05, 0.1) is 25.0 Å². The van der Waals surface area contributed by atoms with Gasteiger partial charge in [0.2, 0.25) is 5.91 Å². The molecule has 0 radical (unpaired) electrons. The van der Waals surface area contributed by atoms with Crippen molar-refractivity contribution < 1.29 is 24.2 Å². The third kappa shape index (κ3) is 6.09. The van der Waals surface area contributed by atoms with E-state index in [1.807, 2.05) is 6.07 Å². The molecule has 3 aliphatic rings. The Bertz CT molecular complexity index is 910. The number of rotatable bonds is 10. The lowest BCUT2D eigenvalue weighted by atomic mass is 9.76. The number of methoxy groups -OCH3 is 2. The molecule has 1 aliphatic heterocycles.